The maximum absolute atomic E-state index is 11.4. The first-order valence-electron chi connectivity index (χ1n) is 3.10. The molecule has 0 aromatic heterocycles. The number of halogens is 1. The van der Waals surface area contributed by atoms with Crippen LogP contribution in [0.15, 0.2) is 29.2 Å². The summed E-state index contributed by atoms with van der Waals surface area (Å²) >= 11 is -2.20. The molecule has 0 radical (unpaired) electrons. The third-order valence-electron chi connectivity index (χ3n) is 1.30. The lowest BCUT2D eigenvalue weighted by Gasteiger charge is -1.94. The minimum absolute atomic E-state index is 0.0353. The highest BCUT2D eigenvalue weighted by molar-refractivity contribution is 7.80. The Morgan fingerprint density at radius 2 is 1.92 bits per heavy atom. The zero-order valence-corrected chi connectivity index (χ0v) is 6.99. The first kappa shape index (κ1) is 9.75. The second-order valence-electron chi connectivity index (χ2n) is 2.05. The van der Waals surface area contributed by atoms with Gasteiger partial charge in [0, 0.05) is 12.1 Å². The van der Waals surface area contributed by atoms with Crippen LogP contribution in [0.2, 0.25) is 0 Å². The number of non-ortho nitro benzene ring substituents is 1. The molecule has 1 rings (SSSR count). The Morgan fingerprint density at radius 1 is 1.38 bits per heavy atom. The molecule has 5 nitrogen and oxygen atoms in total. The van der Waals surface area contributed by atoms with Gasteiger partial charge in [0.2, 0.25) is 11.1 Å². The lowest BCUT2D eigenvalue weighted by molar-refractivity contribution is -0.384. The molecular weight excluding hydrogens is 201 g/mol. The number of nitrogens with zero attached hydrogens (tertiary/aromatic N) is 1. The van der Waals surface area contributed by atoms with Gasteiger partial charge >= 0.3 is 0 Å². The van der Waals surface area contributed by atoms with Crippen molar-refractivity contribution in [3.05, 3.63) is 34.4 Å². The molecule has 1 unspecified atom stereocenters. The number of hydrogen-bond donors (Lipinski definition) is 0. The molecule has 0 saturated carbocycles. The van der Waals surface area contributed by atoms with E-state index in [1.807, 2.05) is 0 Å². The van der Waals surface area contributed by atoms with Crippen LogP contribution in [0.1, 0.15) is 0 Å². The van der Waals surface area contributed by atoms with Crippen LogP contribution in [0.4, 0.5) is 10.2 Å². The van der Waals surface area contributed by atoms with Crippen LogP contribution < -0.4 is 0 Å². The Hall–Kier alpha value is -1.34. The third kappa shape index (κ3) is 2.30. The highest BCUT2D eigenvalue weighted by Gasteiger charge is 2.08. The monoisotopic (exact) mass is 205 g/mol. The van der Waals surface area contributed by atoms with E-state index in [2.05, 4.69) is 4.39 Å². The quantitative estimate of drug-likeness (QED) is 0.554. The van der Waals surface area contributed by atoms with Crippen LogP contribution in [-0.2, 0) is 15.5 Å². The van der Waals surface area contributed by atoms with Crippen LogP contribution in [0.3, 0.4) is 0 Å². The lowest BCUT2D eigenvalue weighted by atomic mass is 10.3. The summed E-state index contributed by atoms with van der Waals surface area (Å²) in [6.07, 6.45) is 0. The summed E-state index contributed by atoms with van der Waals surface area (Å²) in [6, 6.07) is 4.56. The van der Waals surface area contributed by atoms with E-state index >= 15 is 0 Å². The molecule has 0 aliphatic carbocycles. The number of rotatable bonds is 3. The largest absolute Gasteiger partial charge is 0.269 e. The SMILES string of the molecule is O=[N+]([O-])c1ccc(S(=O)OF)cc1. The molecule has 70 valence electrons. The fraction of sp³-hybridized carbons (Fsp3) is 0. The van der Waals surface area contributed by atoms with E-state index in [1.165, 1.54) is 0 Å². The topological polar surface area (TPSA) is 69.4 Å². The van der Waals surface area contributed by atoms with Crippen LogP contribution in [0.5, 0.6) is 0 Å². The Morgan fingerprint density at radius 3 is 2.31 bits per heavy atom. The van der Waals surface area contributed by atoms with Gasteiger partial charge in [-0.3, -0.25) is 10.1 Å². The molecule has 0 fully saturated rings. The molecule has 0 saturated heterocycles. The van der Waals surface area contributed by atoms with E-state index in [9.17, 15) is 18.8 Å². The van der Waals surface area contributed by atoms with Gasteiger partial charge in [-0.1, -0.05) is 4.39 Å². The van der Waals surface area contributed by atoms with Gasteiger partial charge in [0.15, 0.2) is 0 Å². The second-order valence-corrected chi connectivity index (χ2v) is 3.12. The Balaban J connectivity index is 2.93. The Bertz CT molecular complexity index is 339. The normalized spacial score (nSPS) is 12.4. The number of nitro benzene ring substituents is 1. The van der Waals surface area contributed by atoms with Crippen LogP contribution >= 0.6 is 0 Å². The molecule has 7 heteroatoms. The maximum atomic E-state index is 11.4. The van der Waals surface area contributed by atoms with Crippen molar-refractivity contribution in [2.24, 2.45) is 0 Å². The molecule has 0 heterocycles. The fourth-order valence-corrected chi connectivity index (χ4v) is 1.15. The summed E-state index contributed by atoms with van der Waals surface area (Å²) in [7, 11) is 0. The van der Waals surface area contributed by atoms with Crippen molar-refractivity contribution in [2.75, 3.05) is 0 Å². The molecule has 13 heavy (non-hydrogen) atoms. The van der Waals surface area contributed by atoms with Crippen molar-refractivity contribution in [3.63, 3.8) is 0 Å². The van der Waals surface area contributed by atoms with Gasteiger partial charge in [-0.15, -0.1) is 0 Å². The molecule has 0 N–H and O–H groups in total. The van der Waals surface area contributed by atoms with E-state index in [-0.39, 0.29) is 10.6 Å². The van der Waals surface area contributed by atoms with Crippen molar-refractivity contribution in [1.82, 2.24) is 0 Å². The predicted molar refractivity (Wildman–Crippen MR) is 41.7 cm³/mol. The second kappa shape index (κ2) is 4.06. The van der Waals surface area contributed by atoms with Crippen LogP contribution in [-0.4, -0.2) is 9.13 Å². The van der Waals surface area contributed by atoms with E-state index < -0.39 is 16.0 Å². The van der Waals surface area contributed by atoms with Crippen LogP contribution in [0.25, 0.3) is 0 Å². The molecular formula is C6H4FNO4S. The molecule has 1 aromatic rings. The van der Waals surface area contributed by atoms with E-state index in [0.717, 1.165) is 24.3 Å². The predicted octanol–water partition coefficient (Wildman–Crippen LogP) is 1.52. The van der Waals surface area contributed by atoms with Crippen LogP contribution in [0, 0.1) is 10.1 Å². The average Bonchev–Trinajstić information content (AvgIpc) is 2.17. The van der Waals surface area contributed by atoms with Gasteiger partial charge in [0.05, 0.1) is 9.82 Å². The van der Waals surface area contributed by atoms with Gasteiger partial charge in [0.25, 0.3) is 5.69 Å². The van der Waals surface area contributed by atoms with Crippen molar-refractivity contribution in [2.45, 2.75) is 4.90 Å². The van der Waals surface area contributed by atoms with E-state index in [1.54, 1.807) is 0 Å². The first-order valence-corrected chi connectivity index (χ1v) is 4.18. The average molecular weight is 205 g/mol. The summed E-state index contributed by atoms with van der Waals surface area (Å²) in [5.41, 5.74) is -0.153. The van der Waals surface area contributed by atoms with Gasteiger partial charge in [-0.2, -0.15) is 0 Å². The van der Waals surface area contributed by atoms with Crippen molar-refractivity contribution < 1.29 is 18.0 Å². The van der Waals surface area contributed by atoms with E-state index in [4.69, 9.17) is 0 Å². The highest BCUT2D eigenvalue weighted by atomic mass is 32.2. The summed E-state index contributed by atoms with van der Waals surface area (Å²) in [6.45, 7) is 0. The number of nitro groups is 1. The third-order valence-corrected chi connectivity index (χ3v) is 2.07. The maximum Gasteiger partial charge on any atom is 0.269 e. The smallest absolute Gasteiger partial charge is 0.258 e. The minimum atomic E-state index is -2.20. The Labute approximate surface area is 74.8 Å². The summed E-state index contributed by atoms with van der Waals surface area (Å²) in [5, 5.41) is 10.2. The van der Waals surface area contributed by atoms with Gasteiger partial charge in [-0.25, -0.2) is 4.21 Å². The van der Waals surface area contributed by atoms with Gasteiger partial charge in [0.1, 0.15) is 0 Å². The Kier molecular flexibility index (Phi) is 3.04. The fourth-order valence-electron chi connectivity index (χ4n) is 0.715. The van der Waals surface area contributed by atoms with Crippen molar-refractivity contribution >= 4 is 16.8 Å². The van der Waals surface area contributed by atoms with E-state index in [0.29, 0.717) is 0 Å². The molecule has 1 atom stereocenters. The zero-order chi connectivity index (χ0) is 9.84. The summed E-state index contributed by atoms with van der Waals surface area (Å²) in [4.78, 5) is 9.60. The molecule has 0 aliphatic rings. The van der Waals surface area contributed by atoms with Gasteiger partial charge < -0.3 is 0 Å². The molecule has 0 spiro atoms. The lowest BCUT2D eigenvalue weighted by Crippen LogP contribution is -1.92. The van der Waals surface area contributed by atoms with Crippen molar-refractivity contribution in [1.29, 1.82) is 0 Å². The molecule has 0 aliphatic heterocycles. The standard InChI is InChI=1S/C6H4FNO4S/c7-12-13(11)6-3-1-5(2-4-6)8(9)10/h1-4H. The number of hydrogen-bond acceptors (Lipinski definition) is 4. The molecule has 0 bridgehead atoms. The zero-order valence-electron chi connectivity index (χ0n) is 6.18. The minimum Gasteiger partial charge on any atom is -0.258 e. The van der Waals surface area contributed by atoms with Gasteiger partial charge in [-0.05, 0) is 16.7 Å². The first-order chi connectivity index (χ1) is 6.15. The number of benzene rings is 1. The van der Waals surface area contributed by atoms with Crippen molar-refractivity contribution in [3.8, 4) is 0 Å². The summed E-state index contributed by atoms with van der Waals surface area (Å²) < 4.78 is 25.1. The highest BCUT2D eigenvalue weighted by Crippen LogP contribution is 2.14. The molecule has 0 amide bonds. The molecule has 1 aromatic carbocycles. The summed E-state index contributed by atoms with van der Waals surface area (Å²) in [5.74, 6) is 0.